The SMILES string of the molecule is COCc1nc2n(n1)C[C@H](N[C@@H](C)[C@@H]1CC3CCC1CC3)CC2. The van der Waals surface area contributed by atoms with E-state index in [1.165, 1.54) is 38.5 Å². The van der Waals surface area contributed by atoms with E-state index < -0.39 is 0 Å². The molecule has 5 nitrogen and oxygen atoms in total. The van der Waals surface area contributed by atoms with E-state index in [9.17, 15) is 0 Å². The van der Waals surface area contributed by atoms with Crippen molar-refractivity contribution in [2.45, 2.75) is 77.1 Å². The predicted molar refractivity (Wildman–Crippen MR) is 89.0 cm³/mol. The van der Waals surface area contributed by atoms with E-state index in [0.29, 0.717) is 18.7 Å². The molecule has 3 saturated carbocycles. The normalized spacial score (nSPS) is 34.3. The Morgan fingerprint density at radius 3 is 2.78 bits per heavy atom. The van der Waals surface area contributed by atoms with Crippen LogP contribution in [0.5, 0.6) is 0 Å². The van der Waals surface area contributed by atoms with Crippen LogP contribution in [-0.2, 0) is 24.3 Å². The van der Waals surface area contributed by atoms with Crippen LogP contribution in [0.25, 0.3) is 0 Å². The summed E-state index contributed by atoms with van der Waals surface area (Å²) >= 11 is 0. The third-order valence-electron chi connectivity index (χ3n) is 6.42. The van der Waals surface area contributed by atoms with Crippen LogP contribution < -0.4 is 5.32 Å². The second-order valence-electron chi connectivity index (χ2n) is 7.93. The van der Waals surface area contributed by atoms with E-state index in [-0.39, 0.29) is 0 Å². The van der Waals surface area contributed by atoms with Crippen molar-refractivity contribution in [3.63, 3.8) is 0 Å². The Bertz CT molecular complexity index is 535. The number of ether oxygens (including phenoxy) is 1. The molecule has 3 aliphatic carbocycles. The van der Waals surface area contributed by atoms with Gasteiger partial charge in [0, 0.05) is 25.6 Å². The molecule has 0 radical (unpaired) electrons. The zero-order valence-electron chi connectivity index (χ0n) is 14.5. The highest BCUT2D eigenvalue weighted by atomic mass is 16.5. The van der Waals surface area contributed by atoms with Gasteiger partial charge in [-0.05, 0) is 50.4 Å². The number of nitrogens with zero attached hydrogens (tertiary/aromatic N) is 3. The minimum Gasteiger partial charge on any atom is -0.377 e. The van der Waals surface area contributed by atoms with Crippen LogP contribution in [-0.4, -0.2) is 34.0 Å². The van der Waals surface area contributed by atoms with E-state index >= 15 is 0 Å². The average molecular weight is 318 g/mol. The fraction of sp³-hybridized carbons (Fsp3) is 0.889. The van der Waals surface area contributed by atoms with Gasteiger partial charge in [-0.3, -0.25) is 0 Å². The lowest BCUT2D eigenvalue weighted by Crippen LogP contribution is -2.49. The number of rotatable bonds is 5. The maximum absolute atomic E-state index is 5.15. The molecule has 0 saturated heterocycles. The van der Waals surface area contributed by atoms with Crippen LogP contribution in [0, 0.1) is 17.8 Å². The maximum Gasteiger partial charge on any atom is 0.176 e. The first-order valence-corrected chi connectivity index (χ1v) is 9.40. The van der Waals surface area contributed by atoms with Gasteiger partial charge in [0.05, 0.1) is 6.54 Å². The van der Waals surface area contributed by atoms with Gasteiger partial charge in [0.25, 0.3) is 0 Å². The molecular weight excluding hydrogens is 288 g/mol. The van der Waals surface area contributed by atoms with E-state index in [1.54, 1.807) is 7.11 Å². The summed E-state index contributed by atoms with van der Waals surface area (Å²) in [5.74, 6) is 4.82. The van der Waals surface area contributed by atoms with Crippen molar-refractivity contribution in [3.8, 4) is 0 Å². The molecule has 3 fully saturated rings. The Labute approximate surface area is 139 Å². The molecule has 2 heterocycles. The van der Waals surface area contributed by atoms with Crippen LogP contribution in [0.15, 0.2) is 0 Å². The van der Waals surface area contributed by atoms with Crippen molar-refractivity contribution in [2.75, 3.05) is 7.11 Å². The highest BCUT2D eigenvalue weighted by Crippen LogP contribution is 2.46. The van der Waals surface area contributed by atoms with Crippen molar-refractivity contribution in [1.82, 2.24) is 20.1 Å². The molecule has 128 valence electrons. The van der Waals surface area contributed by atoms with Crippen molar-refractivity contribution in [1.29, 1.82) is 0 Å². The van der Waals surface area contributed by atoms with Gasteiger partial charge < -0.3 is 10.1 Å². The first kappa shape index (κ1) is 15.6. The summed E-state index contributed by atoms with van der Waals surface area (Å²) in [6.07, 6.45) is 9.58. The zero-order valence-corrected chi connectivity index (χ0v) is 14.5. The van der Waals surface area contributed by atoms with Gasteiger partial charge in [-0.25, -0.2) is 9.67 Å². The summed E-state index contributed by atoms with van der Waals surface area (Å²) in [6.45, 7) is 3.88. The summed E-state index contributed by atoms with van der Waals surface area (Å²) in [6, 6.07) is 1.17. The molecule has 0 amide bonds. The molecule has 5 rings (SSSR count). The fourth-order valence-electron chi connectivity index (χ4n) is 5.22. The lowest BCUT2D eigenvalue weighted by Gasteiger charge is -2.46. The molecule has 23 heavy (non-hydrogen) atoms. The van der Waals surface area contributed by atoms with Crippen molar-refractivity contribution in [2.24, 2.45) is 17.8 Å². The molecule has 1 aromatic rings. The smallest absolute Gasteiger partial charge is 0.176 e. The van der Waals surface area contributed by atoms with E-state index in [4.69, 9.17) is 4.74 Å². The number of hydrogen-bond donors (Lipinski definition) is 1. The van der Waals surface area contributed by atoms with Crippen LogP contribution in [0.3, 0.4) is 0 Å². The molecule has 1 aromatic heterocycles. The zero-order chi connectivity index (χ0) is 15.8. The third-order valence-corrected chi connectivity index (χ3v) is 6.42. The van der Waals surface area contributed by atoms with Crippen LogP contribution in [0.1, 0.15) is 57.1 Å². The quantitative estimate of drug-likeness (QED) is 0.906. The second-order valence-corrected chi connectivity index (χ2v) is 7.93. The summed E-state index contributed by atoms with van der Waals surface area (Å²) in [7, 11) is 1.70. The Morgan fingerprint density at radius 2 is 2.09 bits per heavy atom. The lowest BCUT2D eigenvalue weighted by molar-refractivity contribution is 0.0697. The van der Waals surface area contributed by atoms with E-state index in [1.807, 2.05) is 0 Å². The first-order chi connectivity index (χ1) is 11.2. The lowest BCUT2D eigenvalue weighted by atomic mass is 9.63. The third kappa shape index (κ3) is 3.18. The Kier molecular flexibility index (Phi) is 4.41. The first-order valence-electron chi connectivity index (χ1n) is 9.40. The molecule has 5 heteroatoms. The minimum absolute atomic E-state index is 0.514. The van der Waals surface area contributed by atoms with Gasteiger partial charge in [-0.1, -0.05) is 12.8 Å². The van der Waals surface area contributed by atoms with E-state index in [2.05, 4.69) is 27.0 Å². The number of hydrogen-bond acceptors (Lipinski definition) is 4. The predicted octanol–water partition coefficient (Wildman–Crippen LogP) is 2.54. The summed E-state index contributed by atoms with van der Waals surface area (Å²) < 4.78 is 7.24. The number of nitrogens with one attached hydrogen (secondary N) is 1. The van der Waals surface area contributed by atoms with Gasteiger partial charge >= 0.3 is 0 Å². The average Bonchev–Trinajstić information content (AvgIpc) is 2.98. The Hall–Kier alpha value is -0.940. The topological polar surface area (TPSA) is 52.0 Å². The number of methoxy groups -OCH3 is 1. The van der Waals surface area contributed by atoms with Crippen LogP contribution in [0.2, 0.25) is 0 Å². The van der Waals surface area contributed by atoms with Gasteiger partial charge in [0.15, 0.2) is 5.82 Å². The summed E-state index contributed by atoms with van der Waals surface area (Å²) in [5.41, 5.74) is 0. The van der Waals surface area contributed by atoms with E-state index in [0.717, 1.165) is 42.4 Å². The summed E-state index contributed by atoms with van der Waals surface area (Å²) in [4.78, 5) is 4.57. The molecule has 0 spiro atoms. The number of aryl methyl sites for hydroxylation is 1. The second kappa shape index (κ2) is 6.52. The monoisotopic (exact) mass is 318 g/mol. The Morgan fingerprint density at radius 1 is 1.26 bits per heavy atom. The summed E-state index contributed by atoms with van der Waals surface area (Å²) in [5, 5.41) is 8.52. The van der Waals surface area contributed by atoms with Crippen molar-refractivity contribution < 1.29 is 4.74 Å². The van der Waals surface area contributed by atoms with Gasteiger partial charge in [-0.2, -0.15) is 5.10 Å². The number of fused-ring (bicyclic) bond motifs is 4. The van der Waals surface area contributed by atoms with Crippen LogP contribution in [0.4, 0.5) is 0 Å². The van der Waals surface area contributed by atoms with Gasteiger partial charge in [0.2, 0.25) is 0 Å². The molecule has 3 atom stereocenters. The fourth-order valence-corrected chi connectivity index (χ4v) is 5.22. The largest absolute Gasteiger partial charge is 0.377 e. The van der Waals surface area contributed by atoms with Gasteiger partial charge in [-0.15, -0.1) is 0 Å². The maximum atomic E-state index is 5.15. The number of aromatic nitrogens is 3. The molecule has 4 aliphatic rings. The Balaban J connectivity index is 1.36. The molecule has 2 bridgehead atoms. The molecule has 0 unspecified atom stereocenters. The molecule has 0 aromatic carbocycles. The standard InChI is InChI=1S/C18H30N4O/c1-12(16-9-13-3-5-14(16)6-4-13)19-15-7-8-18-20-17(11-23-2)21-22(18)10-15/h12-16,19H,3-11H2,1-2H3/t12-,13?,14?,15+,16-/m0/s1. The minimum atomic E-state index is 0.514. The van der Waals surface area contributed by atoms with Crippen molar-refractivity contribution in [3.05, 3.63) is 11.6 Å². The van der Waals surface area contributed by atoms with Gasteiger partial charge in [0.1, 0.15) is 12.4 Å². The highest BCUT2D eigenvalue weighted by molar-refractivity contribution is 4.99. The molecule has 1 aliphatic heterocycles. The van der Waals surface area contributed by atoms with Crippen LogP contribution >= 0.6 is 0 Å². The molecular formula is C18H30N4O. The van der Waals surface area contributed by atoms with Crippen molar-refractivity contribution >= 4 is 0 Å². The highest BCUT2D eigenvalue weighted by Gasteiger charge is 2.38. The molecule has 1 N–H and O–H groups in total.